The van der Waals surface area contributed by atoms with E-state index < -0.39 is 26.8 Å². The minimum Gasteiger partial charge on any atom is -0.480 e. The van der Waals surface area contributed by atoms with Gasteiger partial charge < -0.3 is 5.11 Å². The van der Waals surface area contributed by atoms with Gasteiger partial charge in [-0.3, -0.25) is 14.7 Å². The molecule has 0 spiro atoms. The van der Waals surface area contributed by atoms with E-state index in [-0.39, 0.29) is 4.20 Å². The van der Waals surface area contributed by atoms with Gasteiger partial charge in [-0.05, 0) is 0 Å². The summed E-state index contributed by atoms with van der Waals surface area (Å²) in [6.07, 6.45) is 0. The number of hydrogen-bond acceptors (Lipinski definition) is 6. The van der Waals surface area contributed by atoms with Crippen LogP contribution in [0.15, 0.2) is 0 Å². The third-order valence-electron chi connectivity index (χ3n) is 1.28. The summed E-state index contributed by atoms with van der Waals surface area (Å²) in [4.78, 5) is 10.4. The summed E-state index contributed by atoms with van der Waals surface area (Å²) >= 11 is 5.22. The molecule has 0 aromatic carbocycles. The molecule has 0 aliphatic carbocycles. The summed E-state index contributed by atoms with van der Waals surface area (Å²) in [5.74, 6) is -1.26. The van der Waals surface area contributed by atoms with Crippen LogP contribution in [-0.4, -0.2) is 39.0 Å². The molecule has 0 bridgehead atoms. The van der Waals surface area contributed by atoms with Crippen molar-refractivity contribution in [3.63, 3.8) is 0 Å². The predicted octanol–water partition coefficient (Wildman–Crippen LogP) is -0.725. The van der Waals surface area contributed by atoms with E-state index in [1.165, 1.54) is 0 Å². The molecule has 74 valence electrons. The van der Waals surface area contributed by atoms with Crippen molar-refractivity contribution in [3.05, 3.63) is 0 Å². The molecule has 13 heavy (non-hydrogen) atoms. The first kappa shape index (κ1) is 10.9. The normalized spacial score (nSPS) is 29.2. The molecule has 1 heterocycles. The fourth-order valence-electron chi connectivity index (χ4n) is 0.731. The fourth-order valence-corrected chi connectivity index (χ4v) is 3.20. The lowest BCUT2D eigenvalue weighted by molar-refractivity contribution is -0.137. The SMILES string of the molecule is O=C(O)[C@H]1NC(S(=O)(=O)O)SC1=S. The number of carbonyl (C=O) groups is 1. The second-order valence-corrected chi connectivity index (χ2v) is 5.87. The van der Waals surface area contributed by atoms with Gasteiger partial charge in [0.25, 0.3) is 10.1 Å². The Morgan fingerprint density at radius 2 is 2.15 bits per heavy atom. The highest BCUT2D eigenvalue weighted by Crippen LogP contribution is 2.25. The number of aliphatic carboxylic acids is 1. The highest BCUT2D eigenvalue weighted by atomic mass is 32.3. The van der Waals surface area contributed by atoms with Crippen LogP contribution >= 0.6 is 24.0 Å². The average Bonchev–Trinajstić information content (AvgIpc) is 2.29. The molecule has 2 atom stereocenters. The zero-order valence-electron chi connectivity index (χ0n) is 6.00. The van der Waals surface area contributed by atoms with Gasteiger partial charge in [0.15, 0.2) is 4.71 Å². The molecule has 3 N–H and O–H groups in total. The fraction of sp³-hybridized carbons (Fsp3) is 0.500. The van der Waals surface area contributed by atoms with Gasteiger partial charge in [-0.25, -0.2) is 0 Å². The molecule has 1 fully saturated rings. The molecule has 0 aromatic rings. The van der Waals surface area contributed by atoms with Crippen molar-refractivity contribution >= 4 is 44.3 Å². The minimum absolute atomic E-state index is 0.00451. The van der Waals surface area contributed by atoms with Gasteiger partial charge in [-0.15, -0.1) is 0 Å². The van der Waals surface area contributed by atoms with Crippen LogP contribution in [0.5, 0.6) is 0 Å². The summed E-state index contributed by atoms with van der Waals surface area (Å²) in [7, 11) is -4.30. The van der Waals surface area contributed by atoms with Crippen molar-refractivity contribution < 1.29 is 22.9 Å². The van der Waals surface area contributed by atoms with Gasteiger partial charge in [0.05, 0.1) is 4.20 Å². The third-order valence-corrected chi connectivity index (χ3v) is 4.32. The minimum atomic E-state index is -4.30. The Morgan fingerprint density at radius 1 is 1.62 bits per heavy atom. The molecule has 1 aliphatic rings. The van der Waals surface area contributed by atoms with Gasteiger partial charge >= 0.3 is 5.97 Å². The van der Waals surface area contributed by atoms with E-state index in [0.717, 1.165) is 0 Å². The Hall–Kier alpha value is -0.220. The number of carboxylic acid groups (broad SMARTS) is 1. The highest BCUT2D eigenvalue weighted by molar-refractivity contribution is 8.29. The molecule has 9 heteroatoms. The van der Waals surface area contributed by atoms with E-state index in [2.05, 4.69) is 17.5 Å². The molecule has 1 unspecified atom stereocenters. The molecule has 1 aliphatic heterocycles. The standard InChI is InChI=1S/C4H5NO5S3/c6-2(7)1-3(11)12-4(5-1)13(8,9)10/h1,4-5H,(H,6,7)(H,8,9,10)/t1-,4?/m1/s1. The first-order chi connectivity index (χ1) is 5.82. The van der Waals surface area contributed by atoms with E-state index >= 15 is 0 Å². The van der Waals surface area contributed by atoms with Crippen LogP contribution in [0.4, 0.5) is 0 Å². The van der Waals surface area contributed by atoms with Gasteiger partial charge in [-0.2, -0.15) is 8.42 Å². The van der Waals surface area contributed by atoms with E-state index in [4.69, 9.17) is 9.66 Å². The van der Waals surface area contributed by atoms with Crippen molar-refractivity contribution in [2.24, 2.45) is 0 Å². The first-order valence-electron chi connectivity index (χ1n) is 2.98. The van der Waals surface area contributed by atoms with Gasteiger partial charge in [-0.1, -0.05) is 24.0 Å². The van der Waals surface area contributed by atoms with E-state index in [0.29, 0.717) is 11.8 Å². The van der Waals surface area contributed by atoms with Crippen LogP contribution in [0.2, 0.25) is 0 Å². The van der Waals surface area contributed by atoms with Crippen molar-refractivity contribution in [1.82, 2.24) is 5.32 Å². The summed E-state index contributed by atoms with van der Waals surface area (Å²) in [6, 6.07) is -1.20. The largest absolute Gasteiger partial charge is 0.480 e. The zero-order chi connectivity index (χ0) is 10.2. The number of thiocarbonyl (C=S) groups is 1. The molecule has 1 saturated heterocycles. The van der Waals surface area contributed by atoms with Crippen molar-refractivity contribution in [2.75, 3.05) is 0 Å². The molecule has 0 aromatic heterocycles. The molecule has 6 nitrogen and oxygen atoms in total. The number of nitrogens with one attached hydrogen (secondary N) is 1. The molecular weight excluding hydrogens is 238 g/mol. The van der Waals surface area contributed by atoms with Gasteiger partial charge in [0, 0.05) is 0 Å². The molecule has 0 saturated carbocycles. The topological polar surface area (TPSA) is 104 Å². The Bertz CT molecular complexity index is 349. The molecule has 0 amide bonds. The number of hydrogen-bond donors (Lipinski definition) is 3. The smallest absolute Gasteiger partial charge is 0.326 e. The van der Waals surface area contributed by atoms with Crippen molar-refractivity contribution in [3.8, 4) is 0 Å². The summed E-state index contributed by atoms with van der Waals surface area (Å²) < 4.78 is 28.3. The van der Waals surface area contributed by atoms with Crippen LogP contribution in [-0.2, 0) is 14.9 Å². The lowest BCUT2D eigenvalue weighted by atomic mass is 10.3. The van der Waals surface area contributed by atoms with E-state index in [1.807, 2.05) is 0 Å². The predicted molar refractivity (Wildman–Crippen MR) is 50.1 cm³/mol. The van der Waals surface area contributed by atoms with Crippen molar-refractivity contribution in [1.29, 1.82) is 0 Å². The quantitative estimate of drug-likeness (QED) is 0.431. The maximum atomic E-state index is 10.6. The molecule has 1 rings (SSSR count). The second kappa shape index (κ2) is 3.50. The average molecular weight is 243 g/mol. The Morgan fingerprint density at radius 3 is 2.38 bits per heavy atom. The zero-order valence-corrected chi connectivity index (χ0v) is 8.45. The van der Waals surface area contributed by atoms with Crippen LogP contribution < -0.4 is 5.32 Å². The second-order valence-electron chi connectivity index (χ2n) is 2.22. The highest BCUT2D eigenvalue weighted by Gasteiger charge is 2.40. The maximum absolute atomic E-state index is 10.6. The number of rotatable bonds is 2. The Labute approximate surface area is 83.4 Å². The van der Waals surface area contributed by atoms with Gasteiger partial charge in [0.1, 0.15) is 6.04 Å². The van der Waals surface area contributed by atoms with Crippen molar-refractivity contribution in [2.45, 2.75) is 10.7 Å². The Kier molecular flexibility index (Phi) is 2.92. The lowest BCUT2D eigenvalue weighted by Crippen LogP contribution is -2.40. The summed E-state index contributed by atoms with van der Waals surface area (Å²) in [5, 5.41) is 10.7. The molecule has 0 radical (unpaired) electrons. The lowest BCUT2D eigenvalue weighted by Gasteiger charge is -2.05. The summed E-state index contributed by atoms with van der Waals surface area (Å²) in [5.41, 5.74) is 0. The van der Waals surface area contributed by atoms with Crippen LogP contribution in [0.25, 0.3) is 0 Å². The maximum Gasteiger partial charge on any atom is 0.326 e. The third kappa shape index (κ3) is 2.38. The monoisotopic (exact) mass is 243 g/mol. The van der Waals surface area contributed by atoms with Gasteiger partial charge in [0.2, 0.25) is 0 Å². The number of thioether (sulfide) groups is 1. The van der Waals surface area contributed by atoms with Crippen LogP contribution in [0.1, 0.15) is 0 Å². The Balaban J connectivity index is 2.83. The summed E-state index contributed by atoms with van der Waals surface area (Å²) in [6.45, 7) is 0. The van der Waals surface area contributed by atoms with Crippen LogP contribution in [0.3, 0.4) is 0 Å². The van der Waals surface area contributed by atoms with E-state index in [1.54, 1.807) is 0 Å². The van der Waals surface area contributed by atoms with Crippen LogP contribution in [0, 0.1) is 0 Å². The first-order valence-corrected chi connectivity index (χ1v) is 5.77. The molecular formula is C4H5NO5S3. The number of carboxylic acids is 1. The van der Waals surface area contributed by atoms with E-state index in [9.17, 15) is 13.2 Å².